The summed E-state index contributed by atoms with van der Waals surface area (Å²) in [5.41, 5.74) is 5.41. The second-order valence-corrected chi connectivity index (χ2v) is 5.75. The van der Waals surface area contributed by atoms with Crippen LogP contribution >= 0.6 is 0 Å². The summed E-state index contributed by atoms with van der Waals surface area (Å²) < 4.78 is 0. The number of para-hydroxylation sites is 4. The highest BCUT2D eigenvalue weighted by molar-refractivity contribution is 5.84. The fourth-order valence-electron chi connectivity index (χ4n) is 2.59. The number of fused-ring (bicyclic) bond motifs is 2. The summed E-state index contributed by atoms with van der Waals surface area (Å²) in [5.74, 6) is 0. The highest BCUT2D eigenvalue weighted by Gasteiger charge is 2.03. The molecule has 0 atom stereocenters. The molecule has 4 heteroatoms. The largest absolute Gasteiger partial charge is 0.383 e. The second kappa shape index (κ2) is 8.20. The molecule has 2 aromatic carbocycles. The third-order valence-corrected chi connectivity index (χ3v) is 4.01. The summed E-state index contributed by atoms with van der Waals surface area (Å²) in [6.45, 7) is 3.96. The molecule has 0 unspecified atom stereocenters. The number of nitrogens with one attached hydrogen (secondary N) is 3. The Hall–Kier alpha value is -2.75. The average molecular weight is 320 g/mol. The van der Waals surface area contributed by atoms with Gasteiger partial charge in [-0.3, -0.25) is 4.99 Å². The van der Waals surface area contributed by atoms with Crippen molar-refractivity contribution in [1.82, 2.24) is 0 Å². The fraction of sp³-hybridized carbons (Fsp3) is 0.250. The molecule has 0 aliphatic carbocycles. The van der Waals surface area contributed by atoms with Crippen LogP contribution in [0.3, 0.4) is 0 Å². The monoisotopic (exact) mass is 320 g/mol. The molecule has 0 amide bonds. The first kappa shape index (κ1) is 16.1. The van der Waals surface area contributed by atoms with Gasteiger partial charge in [0.25, 0.3) is 0 Å². The zero-order chi connectivity index (χ0) is 16.6. The molecule has 1 aliphatic rings. The van der Waals surface area contributed by atoms with Crippen LogP contribution in [-0.4, -0.2) is 19.3 Å². The summed E-state index contributed by atoms with van der Waals surface area (Å²) in [6.07, 6.45) is 5.92. The summed E-state index contributed by atoms with van der Waals surface area (Å²) >= 11 is 0. The first-order valence-electron chi connectivity index (χ1n) is 8.52. The Balaban J connectivity index is 1.90. The van der Waals surface area contributed by atoms with E-state index in [-0.39, 0.29) is 0 Å². The highest BCUT2D eigenvalue weighted by atomic mass is 15.0. The first-order valence-corrected chi connectivity index (χ1v) is 8.52. The maximum Gasteiger partial charge on any atom is 0.0861 e. The molecule has 3 N–H and O–H groups in total. The van der Waals surface area contributed by atoms with Gasteiger partial charge in [-0.2, -0.15) is 0 Å². The SMILES string of the molecule is CCC1=CNc2ccccc2NCCCNc2ccccc2N=C1. The predicted octanol–water partition coefficient (Wildman–Crippen LogP) is 5.02. The zero-order valence-corrected chi connectivity index (χ0v) is 14.0. The number of hydrogen-bond acceptors (Lipinski definition) is 4. The minimum atomic E-state index is 0.908. The van der Waals surface area contributed by atoms with E-state index in [1.54, 1.807) is 0 Å². The van der Waals surface area contributed by atoms with E-state index in [0.717, 1.165) is 54.3 Å². The van der Waals surface area contributed by atoms with Crippen LogP contribution in [0.4, 0.5) is 22.7 Å². The Morgan fingerprint density at radius 3 is 2.33 bits per heavy atom. The summed E-state index contributed by atoms with van der Waals surface area (Å²) in [7, 11) is 0. The van der Waals surface area contributed by atoms with Crippen molar-refractivity contribution in [2.75, 3.05) is 29.0 Å². The molecular weight excluding hydrogens is 296 g/mol. The number of aliphatic imine (C=N–C) groups is 1. The lowest BCUT2D eigenvalue weighted by atomic mass is 10.2. The molecule has 3 rings (SSSR count). The van der Waals surface area contributed by atoms with Crippen molar-refractivity contribution >= 4 is 29.0 Å². The van der Waals surface area contributed by atoms with E-state index in [0.29, 0.717) is 0 Å². The van der Waals surface area contributed by atoms with Gasteiger partial charge in [-0.1, -0.05) is 31.2 Å². The van der Waals surface area contributed by atoms with Crippen LogP contribution in [0.5, 0.6) is 0 Å². The van der Waals surface area contributed by atoms with Crippen LogP contribution in [0.25, 0.3) is 0 Å². The van der Waals surface area contributed by atoms with Crippen molar-refractivity contribution in [3.05, 3.63) is 60.3 Å². The highest BCUT2D eigenvalue weighted by Crippen LogP contribution is 2.25. The standard InChI is InChI=1S/C20H24N4/c1-2-16-14-23-19-10-5-3-8-17(19)21-12-7-13-22-18-9-4-6-11-20(18)24-15-16/h3-6,8-11,14-15,21-23H,2,7,12-13H2,1H3. The third-order valence-electron chi connectivity index (χ3n) is 4.01. The van der Waals surface area contributed by atoms with Gasteiger partial charge in [0, 0.05) is 25.5 Å². The lowest BCUT2D eigenvalue weighted by Gasteiger charge is -2.14. The molecule has 0 fully saturated rings. The van der Waals surface area contributed by atoms with Crippen LogP contribution in [0.1, 0.15) is 19.8 Å². The van der Waals surface area contributed by atoms with E-state index in [4.69, 9.17) is 0 Å². The van der Waals surface area contributed by atoms with Crippen LogP contribution in [0, 0.1) is 0 Å². The molecule has 124 valence electrons. The quantitative estimate of drug-likeness (QED) is 0.691. The lowest BCUT2D eigenvalue weighted by Crippen LogP contribution is -2.10. The molecule has 0 radical (unpaired) electrons. The Bertz CT molecular complexity index is 734. The lowest BCUT2D eigenvalue weighted by molar-refractivity contribution is 0.910. The van der Waals surface area contributed by atoms with Gasteiger partial charge in [-0.25, -0.2) is 0 Å². The van der Waals surface area contributed by atoms with E-state index in [9.17, 15) is 0 Å². The van der Waals surface area contributed by atoms with Gasteiger partial charge in [-0.15, -0.1) is 0 Å². The number of benzene rings is 2. The van der Waals surface area contributed by atoms with E-state index in [1.165, 1.54) is 0 Å². The van der Waals surface area contributed by atoms with E-state index < -0.39 is 0 Å². The van der Waals surface area contributed by atoms with E-state index in [1.807, 2.05) is 36.7 Å². The van der Waals surface area contributed by atoms with Crippen molar-refractivity contribution in [2.45, 2.75) is 19.8 Å². The Labute approximate surface area is 143 Å². The number of nitrogens with zero attached hydrogens (tertiary/aromatic N) is 1. The van der Waals surface area contributed by atoms with Crippen molar-refractivity contribution < 1.29 is 0 Å². The van der Waals surface area contributed by atoms with Gasteiger partial charge < -0.3 is 16.0 Å². The number of allylic oxidation sites excluding steroid dienone is 1. The minimum Gasteiger partial charge on any atom is -0.383 e. The first-order chi connectivity index (χ1) is 11.9. The van der Waals surface area contributed by atoms with Crippen LogP contribution in [-0.2, 0) is 0 Å². The van der Waals surface area contributed by atoms with Gasteiger partial charge in [0.2, 0.25) is 0 Å². The van der Waals surface area contributed by atoms with Crippen molar-refractivity contribution in [3.8, 4) is 0 Å². The molecule has 1 aliphatic heterocycles. The molecule has 1 heterocycles. The van der Waals surface area contributed by atoms with Gasteiger partial charge in [0.05, 0.1) is 22.7 Å². The summed E-state index contributed by atoms with van der Waals surface area (Å²) in [5, 5.41) is 10.4. The number of rotatable bonds is 1. The molecule has 0 saturated carbocycles. The number of hydrogen-bond donors (Lipinski definition) is 3. The Morgan fingerprint density at radius 1 is 0.875 bits per heavy atom. The molecule has 4 nitrogen and oxygen atoms in total. The van der Waals surface area contributed by atoms with Gasteiger partial charge >= 0.3 is 0 Å². The smallest absolute Gasteiger partial charge is 0.0861 e. The van der Waals surface area contributed by atoms with Crippen molar-refractivity contribution in [3.63, 3.8) is 0 Å². The van der Waals surface area contributed by atoms with Gasteiger partial charge in [-0.05, 0) is 42.7 Å². The van der Waals surface area contributed by atoms with Crippen molar-refractivity contribution in [2.24, 2.45) is 4.99 Å². The second-order valence-electron chi connectivity index (χ2n) is 5.75. The molecule has 24 heavy (non-hydrogen) atoms. The normalized spacial score (nSPS) is 14.8. The predicted molar refractivity (Wildman–Crippen MR) is 105 cm³/mol. The summed E-state index contributed by atoms with van der Waals surface area (Å²) in [4.78, 5) is 4.67. The fourth-order valence-corrected chi connectivity index (χ4v) is 2.59. The maximum absolute atomic E-state index is 4.67. The Morgan fingerprint density at radius 2 is 1.54 bits per heavy atom. The van der Waals surface area contributed by atoms with Gasteiger partial charge in [0.1, 0.15) is 0 Å². The minimum absolute atomic E-state index is 0.908. The molecule has 0 saturated heterocycles. The molecule has 0 bridgehead atoms. The number of anilines is 3. The van der Waals surface area contributed by atoms with Crippen LogP contribution < -0.4 is 16.0 Å². The third kappa shape index (κ3) is 4.16. The molecule has 2 aromatic rings. The van der Waals surface area contributed by atoms with Crippen LogP contribution in [0.2, 0.25) is 0 Å². The topological polar surface area (TPSA) is 48.4 Å². The van der Waals surface area contributed by atoms with Crippen molar-refractivity contribution in [1.29, 1.82) is 0 Å². The maximum atomic E-state index is 4.67. The Kier molecular flexibility index (Phi) is 5.51. The van der Waals surface area contributed by atoms with E-state index in [2.05, 4.69) is 52.1 Å². The molecule has 0 aromatic heterocycles. The zero-order valence-electron chi connectivity index (χ0n) is 14.0. The molecular formula is C20H24N4. The van der Waals surface area contributed by atoms with E-state index >= 15 is 0 Å². The molecule has 0 spiro atoms. The summed E-state index contributed by atoms with van der Waals surface area (Å²) in [6, 6.07) is 16.5. The van der Waals surface area contributed by atoms with Gasteiger partial charge in [0.15, 0.2) is 0 Å². The van der Waals surface area contributed by atoms with Crippen LogP contribution in [0.15, 0.2) is 65.3 Å². The average Bonchev–Trinajstić information content (AvgIpc) is 2.63.